The van der Waals surface area contributed by atoms with E-state index < -0.39 is 0 Å². The molecule has 0 aromatic carbocycles. The Balaban J connectivity index is 1.62. The molecule has 10 nitrogen and oxygen atoms in total. The number of aliphatic hydroxyl groups is 1. The number of hydrogen-bond donors (Lipinski definition) is 3. The standard InChI is InChI=1S/C20H24N8O2/c1-12(3-8-15(21-2)18-23-11-24-27-18)16-9-22-19-20(25-16)28(10-17(30)26-19)13-4-6-14(29)7-5-13/h3,8-9,11,13-14,29H,2,4-7,10H2,1H3,(H,22,26,30)(H,23,24,27)/b12-3+,15-8-. The Morgan fingerprint density at radius 1 is 1.30 bits per heavy atom. The molecule has 1 fully saturated rings. The number of rotatable bonds is 5. The molecule has 10 heteroatoms. The highest BCUT2D eigenvalue weighted by molar-refractivity contribution is 5.99. The summed E-state index contributed by atoms with van der Waals surface area (Å²) in [6.07, 6.45) is 9.55. The first-order valence-electron chi connectivity index (χ1n) is 9.88. The number of nitrogens with one attached hydrogen (secondary N) is 2. The Labute approximate surface area is 173 Å². The van der Waals surface area contributed by atoms with Crippen molar-refractivity contribution < 1.29 is 9.90 Å². The van der Waals surface area contributed by atoms with Gasteiger partial charge in [-0.3, -0.25) is 14.9 Å². The van der Waals surface area contributed by atoms with Crippen LogP contribution >= 0.6 is 0 Å². The molecule has 1 aliphatic carbocycles. The van der Waals surface area contributed by atoms with Crippen LogP contribution in [0.2, 0.25) is 0 Å². The molecule has 2 aromatic heterocycles. The molecule has 0 unspecified atom stereocenters. The van der Waals surface area contributed by atoms with Gasteiger partial charge in [-0.1, -0.05) is 6.08 Å². The van der Waals surface area contributed by atoms with Gasteiger partial charge in [0, 0.05) is 6.04 Å². The topological polar surface area (TPSA) is 132 Å². The molecule has 30 heavy (non-hydrogen) atoms. The van der Waals surface area contributed by atoms with Crippen LogP contribution in [-0.4, -0.2) is 61.6 Å². The summed E-state index contributed by atoms with van der Waals surface area (Å²) in [6, 6.07) is 0.162. The minimum Gasteiger partial charge on any atom is -0.393 e. The molecule has 3 N–H and O–H groups in total. The fourth-order valence-corrected chi connectivity index (χ4v) is 3.76. The molecular formula is C20H24N8O2. The molecule has 0 spiro atoms. The van der Waals surface area contributed by atoms with Crippen molar-refractivity contribution in [2.45, 2.75) is 44.8 Å². The molecule has 2 aliphatic rings. The maximum atomic E-state index is 12.2. The lowest BCUT2D eigenvalue weighted by Gasteiger charge is -2.38. The van der Waals surface area contributed by atoms with E-state index in [9.17, 15) is 9.90 Å². The molecular weight excluding hydrogens is 384 g/mol. The molecule has 156 valence electrons. The Bertz CT molecular complexity index is 990. The van der Waals surface area contributed by atoms with E-state index in [1.807, 2.05) is 17.9 Å². The van der Waals surface area contributed by atoms with Gasteiger partial charge in [-0.2, -0.15) is 5.10 Å². The quantitative estimate of drug-likeness (QED) is 0.507. The van der Waals surface area contributed by atoms with E-state index in [1.54, 1.807) is 12.3 Å². The number of allylic oxidation sites excluding steroid dienone is 3. The van der Waals surface area contributed by atoms with E-state index >= 15 is 0 Å². The number of aromatic nitrogens is 5. The number of aliphatic imine (C=N–C) groups is 1. The van der Waals surface area contributed by atoms with Gasteiger partial charge >= 0.3 is 0 Å². The summed E-state index contributed by atoms with van der Waals surface area (Å²) in [5.74, 6) is 1.57. The predicted molar refractivity (Wildman–Crippen MR) is 114 cm³/mol. The van der Waals surface area contributed by atoms with Crippen molar-refractivity contribution in [3.05, 3.63) is 36.2 Å². The SMILES string of the molecule is C=N/C(=C\C=C(/C)c1cnc2c(n1)N(C1CCC(O)CC1)CC(=O)N2)c1ncn[nH]1. The Morgan fingerprint density at radius 3 is 2.80 bits per heavy atom. The Hall–Kier alpha value is -3.40. The van der Waals surface area contributed by atoms with Crippen LogP contribution < -0.4 is 10.2 Å². The normalized spacial score (nSPS) is 22.5. The van der Waals surface area contributed by atoms with Gasteiger partial charge < -0.3 is 15.3 Å². The summed E-state index contributed by atoms with van der Waals surface area (Å²) in [7, 11) is 0. The minimum atomic E-state index is -0.259. The zero-order valence-corrected chi connectivity index (χ0v) is 16.7. The number of H-pyrrole nitrogens is 1. The lowest BCUT2D eigenvalue weighted by Crippen LogP contribution is -2.47. The second-order valence-electron chi connectivity index (χ2n) is 7.46. The zero-order chi connectivity index (χ0) is 21.1. The van der Waals surface area contributed by atoms with E-state index in [0.29, 0.717) is 28.9 Å². The predicted octanol–water partition coefficient (Wildman–Crippen LogP) is 1.80. The third-order valence-electron chi connectivity index (χ3n) is 5.43. The fraction of sp³-hybridized carbons (Fsp3) is 0.400. The van der Waals surface area contributed by atoms with Gasteiger partial charge in [0.25, 0.3) is 0 Å². The third-order valence-corrected chi connectivity index (χ3v) is 5.43. The van der Waals surface area contributed by atoms with Crippen LogP contribution in [-0.2, 0) is 4.79 Å². The van der Waals surface area contributed by atoms with E-state index in [2.05, 4.69) is 37.2 Å². The zero-order valence-electron chi connectivity index (χ0n) is 16.7. The van der Waals surface area contributed by atoms with Gasteiger partial charge in [-0.25, -0.2) is 15.0 Å². The first-order chi connectivity index (χ1) is 14.5. The van der Waals surface area contributed by atoms with Gasteiger partial charge in [-0.15, -0.1) is 0 Å². The van der Waals surface area contributed by atoms with Crippen molar-refractivity contribution in [1.29, 1.82) is 0 Å². The molecule has 2 aromatic rings. The summed E-state index contributed by atoms with van der Waals surface area (Å²) < 4.78 is 0. The second kappa shape index (κ2) is 8.54. The third kappa shape index (κ3) is 4.13. The van der Waals surface area contributed by atoms with Gasteiger partial charge in [0.2, 0.25) is 5.91 Å². The lowest BCUT2D eigenvalue weighted by molar-refractivity contribution is -0.115. The molecule has 1 aliphatic heterocycles. The van der Waals surface area contributed by atoms with Gasteiger partial charge in [0.05, 0.1) is 24.5 Å². The van der Waals surface area contributed by atoms with E-state index in [-0.39, 0.29) is 24.6 Å². The first kappa shape index (κ1) is 19.9. The number of nitrogens with zero attached hydrogens (tertiary/aromatic N) is 6. The van der Waals surface area contributed by atoms with E-state index in [0.717, 1.165) is 31.3 Å². The Morgan fingerprint density at radius 2 is 2.10 bits per heavy atom. The lowest BCUT2D eigenvalue weighted by atomic mass is 9.91. The number of anilines is 2. The van der Waals surface area contributed by atoms with Crippen LogP contribution in [0, 0.1) is 0 Å². The maximum Gasteiger partial charge on any atom is 0.245 e. The average molecular weight is 408 g/mol. The summed E-state index contributed by atoms with van der Waals surface area (Å²) in [6.45, 7) is 5.74. The van der Waals surface area contributed by atoms with Crippen molar-refractivity contribution in [2.24, 2.45) is 4.99 Å². The minimum absolute atomic E-state index is 0.0976. The largest absolute Gasteiger partial charge is 0.393 e. The molecule has 1 amide bonds. The Kier molecular flexibility index (Phi) is 5.66. The summed E-state index contributed by atoms with van der Waals surface area (Å²) in [5.41, 5.74) is 2.14. The molecule has 3 heterocycles. The summed E-state index contributed by atoms with van der Waals surface area (Å²) in [5, 5.41) is 19.2. The van der Waals surface area contributed by atoms with Crippen LogP contribution in [0.3, 0.4) is 0 Å². The number of aliphatic hydroxyl groups excluding tert-OH is 1. The van der Waals surface area contributed by atoms with Crippen LogP contribution in [0.15, 0.2) is 29.7 Å². The molecule has 0 saturated heterocycles. The van der Waals surface area contributed by atoms with Crippen LogP contribution in [0.1, 0.15) is 44.1 Å². The molecule has 0 radical (unpaired) electrons. The fourth-order valence-electron chi connectivity index (χ4n) is 3.76. The van der Waals surface area contributed by atoms with E-state index in [4.69, 9.17) is 4.98 Å². The molecule has 1 saturated carbocycles. The molecule has 0 bridgehead atoms. The number of aromatic amines is 1. The van der Waals surface area contributed by atoms with Crippen LogP contribution in [0.5, 0.6) is 0 Å². The van der Waals surface area contributed by atoms with Crippen molar-refractivity contribution in [2.75, 3.05) is 16.8 Å². The number of hydrogen-bond acceptors (Lipinski definition) is 8. The van der Waals surface area contributed by atoms with Crippen molar-refractivity contribution >= 4 is 35.5 Å². The number of carbonyl (C=O) groups is 1. The van der Waals surface area contributed by atoms with Crippen LogP contribution in [0.4, 0.5) is 11.6 Å². The van der Waals surface area contributed by atoms with E-state index in [1.165, 1.54) is 6.33 Å². The smallest absolute Gasteiger partial charge is 0.245 e. The van der Waals surface area contributed by atoms with Crippen LogP contribution in [0.25, 0.3) is 11.3 Å². The maximum absolute atomic E-state index is 12.2. The van der Waals surface area contributed by atoms with Crippen molar-refractivity contribution in [1.82, 2.24) is 25.1 Å². The summed E-state index contributed by atoms with van der Waals surface area (Å²) >= 11 is 0. The highest BCUT2D eigenvalue weighted by Gasteiger charge is 2.32. The summed E-state index contributed by atoms with van der Waals surface area (Å²) in [4.78, 5) is 31.5. The highest BCUT2D eigenvalue weighted by atomic mass is 16.3. The monoisotopic (exact) mass is 408 g/mol. The molecule has 4 rings (SSSR count). The van der Waals surface area contributed by atoms with Crippen molar-refractivity contribution in [3.63, 3.8) is 0 Å². The molecule has 0 atom stereocenters. The second-order valence-corrected chi connectivity index (χ2v) is 7.46. The highest BCUT2D eigenvalue weighted by Crippen LogP contribution is 2.33. The first-order valence-corrected chi connectivity index (χ1v) is 9.88. The average Bonchev–Trinajstić information content (AvgIpc) is 3.28. The van der Waals surface area contributed by atoms with Gasteiger partial charge in [0.15, 0.2) is 17.5 Å². The number of fused-ring (bicyclic) bond motifs is 1. The number of amides is 1. The van der Waals surface area contributed by atoms with Gasteiger partial charge in [-0.05, 0) is 51.0 Å². The van der Waals surface area contributed by atoms with Gasteiger partial charge in [0.1, 0.15) is 12.0 Å². The van der Waals surface area contributed by atoms with Crippen molar-refractivity contribution in [3.8, 4) is 0 Å². The number of carbonyl (C=O) groups excluding carboxylic acids is 1.